The second-order valence-electron chi connectivity index (χ2n) is 4.45. The number of carbonyl (C=O) groups excluding carboxylic acids is 1. The van der Waals surface area contributed by atoms with Gasteiger partial charge in [-0.25, -0.2) is 0 Å². The fourth-order valence-corrected chi connectivity index (χ4v) is 2.22. The summed E-state index contributed by atoms with van der Waals surface area (Å²) in [6.07, 6.45) is -1.18. The summed E-state index contributed by atoms with van der Waals surface area (Å²) in [6.45, 7) is 0.573. The highest BCUT2D eigenvalue weighted by atomic mass is 31.2. The number of hydrogen-bond donors (Lipinski definition) is 3. The maximum Gasteiger partial charge on any atom is 0.326 e. The van der Waals surface area contributed by atoms with Crippen molar-refractivity contribution in [3.63, 3.8) is 0 Å². The summed E-state index contributed by atoms with van der Waals surface area (Å²) >= 11 is 0. The first-order valence-corrected chi connectivity index (χ1v) is 7.49. The lowest BCUT2D eigenvalue weighted by Crippen LogP contribution is -2.26. The Labute approximate surface area is 111 Å². The summed E-state index contributed by atoms with van der Waals surface area (Å²) in [5.41, 5.74) is 0. The van der Waals surface area contributed by atoms with Crippen LogP contribution in [0.2, 0.25) is 0 Å². The van der Waals surface area contributed by atoms with Gasteiger partial charge in [-0.2, -0.15) is 0 Å². The van der Waals surface area contributed by atoms with Crippen LogP contribution in [-0.2, 0) is 18.9 Å². The van der Waals surface area contributed by atoms with Gasteiger partial charge in [-0.1, -0.05) is 0 Å². The molecule has 0 aromatic rings. The van der Waals surface area contributed by atoms with Gasteiger partial charge < -0.3 is 24.5 Å². The molecule has 0 aromatic carbocycles. The van der Waals surface area contributed by atoms with Crippen molar-refractivity contribution in [1.29, 1.82) is 0 Å². The first-order chi connectivity index (χ1) is 8.61. The summed E-state index contributed by atoms with van der Waals surface area (Å²) in [6, 6.07) is 0. The number of carboxylic acids is 1. The molecular weight excluding hydrogens is 277 g/mol. The van der Waals surface area contributed by atoms with E-state index in [2.05, 4.69) is 0 Å². The molecule has 0 saturated heterocycles. The molecule has 0 saturated carbocycles. The number of carbonyl (C=O) groups is 2. The minimum atomic E-state index is -4.39. The molecule has 1 unspecified atom stereocenters. The molecule has 0 bridgehead atoms. The van der Waals surface area contributed by atoms with Crippen molar-refractivity contribution in [3.05, 3.63) is 0 Å². The Morgan fingerprint density at radius 1 is 1.32 bits per heavy atom. The number of ether oxygens (including phenoxy) is 1. The van der Waals surface area contributed by atoms with Crippen LogP contribution in [0.15, 0.2) is 0 Å². The molecule has 112 valence electrons. The Morgan fingerprint density at radius 2 is 1.89 bits per heavy atom. The SMILES string of the molecule is CN(C)CCOC(=O)C(CCC(=O)O)CP(=O)(O)O. The summed E-state index contributed by atoms with van der Waals surface area (Å²) in [4.78, 5) is 41.6. The second-order valence-corrected chi connectivity index (χ2v) is 6.14. The number of nitrogens with zero attached hydrogens (tertiary/aromatic N) is 1. The highest BCUT2D eigenvalue weighted by molar-refractivity contribution is 7.51. The minimum Gasteiger partial charge on any atom is -0.481 e. The van der Waals surface area contributed by atoms with Crippen molar-refractivity contribution in [3.8, 4) is 0 Å². The van der Waals surface area contributed by atoms with Gasteiger partial charge in [0.2, 0.25) is 0 Å². The summed E-state index contributed by atoms with van der Waals surface area (Å²) in [5, 5.41) is 8.54. The normalized spacial score (nSPS) is 13.3. The van der Waals surface area contributed by atoms with Crippen LogP contribution in [0.4, 0.5) is 0 Å². The van der Waals surface area contributed by atoms with E-state index < -0.39 is 31.6 Å². The molecule has 0 amide bonds. The fourth-order valence-electron chi connectivity index (χ4n) is 1.32. The Kier molecular flexibility index (Phi) is 7.85. The molecule has 0 aliphatic heterocycles. The lowest BCUT2D eigenvalue weighted by Gasteiger charge is -2.17. The van der Waals surface area contributed by atoms with Gasteiger partial charge in [0.1, 0.15) is 6.61 Å². The Bertz CT molecular complexity index is 352. The van der Waals surface area contributed by atoms with Gasteiger partial charge in [0.15, 0.2) is 0 Å². The fraction of sp³-hybridized carbons (Fsp3) is 0.800. The summed E-state index contributed by atoms with van der Waals surface area (Å²) in [7, 11) is -0.825. The van der Waals surface area contributed by atoms with Gasteiger partial charge >= 0.3 is 19.5 Å². The quantitative estimate of drug-likeness (QED) is 0.393. The highest BCUT2D eigenvalue weighted by Gasteiger charge is 2.29. The monoisotopic (exact) mass is 297 g/mol. The minimum absolute atomic E-state index is 0.0938. The lowest BCUT2D eigenvalue weighted by molar-refractivity contribution is -0.148. The molecule has 0 radical (unpaired) electrons. The molecule has 0 spiro atoms. The Balaban J connectivity index is 4.41. The molecular formula is C10H20NO7P. The van der Waals surface area contributed by atoms with Gasteiger partial charge in [0.05, 0.1) is 12.1 Å². The second kappa shape index (κ2) is 8.27. The van der Waals surface area contributed by atoms with E-state index >= 15 is 0 Å². The smallest absolute Gasteiger partial charge is 0.326 e. The van der Waals surface area contributed by atoms with E-state index in [4.69, 9.17) is 19.6 Å². The van der Waals surface area contributed by atoms with E-state index in [9.17, 15) is 14.2 Å². The zero-order valence-electron chi connectivity index (χ0n) is 11.0. The van der Waals surface area contributed by atoms with Gasteiger partial charge in [0, 0.05) is 13.0 Å². The van der Waals surface area contributed by atoms with Crippen molar-refractivity contribution in [2.45, 2.75) is 12.8 Å². The van der Waals surface area contributed by atoms with Crippen LogP contribution < -0.4 is 0 Å². The van der Waals surface area contributed by atoms with Crippen molar-refractivity contribution in [2.24, 2.45) is 5.92 Å². The Morgan fingerprint density at radius 3 is 2.32 bits per heavy atom. The molecule has 0 fully saturated rings. The van der Waals surface area contributed by atoms with Crippen LogP contribution in [-0.4, -0.2) is 65.1 Å². The van der Waals surface area contributed by atoms with E-state index in [1.54, 1.807) is 19.0 Å². The molecule has 0 rings (SSSR count). The van der Waals surface area contributed by atoms with E-state index in [0.717, 1.165) is 0 Å². The highest BCUT2D eigenvalue weighted by Crippen LogP contribution is 2.38. The lowest BCUT2D eigenvalue weighted by atomic mass is 10.1. The molecule has 1 atom stereocenters. The molecule has 3 N–H and O–H groups in total. The third-order valence-electron chi connectivity index (χ3n) is 2.28. The largest absolute Gasteiger partial charge is 0.481 e. The number of aliphatic carboxylic acids is 1. The molecule has 0 heterocycles. The molecule has 9 heteroatoms. The maximum atomic E-state index is 11.6. The van der Waals surface area contributed by atoms with Crippen LogP contribution in [0, 0.1) is 5.92 Å². The van der Waals surface area contributed by atoms with Gasteiger partial charge in [-0.15, -0.1) is 0 Å². The van der Waals surface area contributed by atoms with E-state index in [1.165, 1.54) is 0 Å². The average molecular weight is 297 g/mol. The van der Waals surface area contributed by atoms with Crippen LogP contribution >= 0.6 is 7.60 Å². The summed E-state index contributed by atoms with van der Waals surface area (Å²) < 4.78 is 15.8. The Hall–Kier alpha value is -0.950. The maximum absolute atomic E-state index is 11.6. The molecule has 19 heavy (non-hydrogen) atoms. The van der Waals surface area contributed by atoms with Crippen LogP contribution in [0.5, 0.6) is 0 Å². The van der Waals surface area contributed by atoms with Crippen LogP contribution in [0.1, 0.15) is 12.8 Å². The first-order valence-electron chi connectivity index (χ1n) is 5.69. The average Bonchev–Trinajstić information content (AvgIpc) is 2.21. The van der Waals surface area contributed by atoms with Gasteiger partial charge in [-0.3, -0.25) is 14.2 Å². The molecule has 0 aliphatic carbocycles. The number of hydrogen-bond acceptors (Lipinski definition) is 5. The number of rotatable bonds is 9. The molecule has 8 nitrogen and oxygen atoms in total. The first kappa shape index (κ1) is 18.0. The predicted octanol–water partition coefficient (Wildman–Crippen LogP) is -0.250. The third-order valence-corrected chi connectivity index (χ3v) is 3.20. The van der Waals surface area contributed by atoms with Gasteiger partial charge in [-0.05, 0) is 20.5 Å². The van der Waals surface area contributed by atoms with Gasteiger partial charge in [0.25, 0.3) is 0 Å². The van der Waals surface area contributed by atoms with E-state index in [0.29, 0.717) is 6.54 Å². The number of carboxylic acid groups (broad SMARTS) is 1. The van der Waals surface area contributed by atoms with Crippen molar-refractivity contribution >= 4 is 19.5 Å². The molecule has 0 aliphatic rings. The molecule has 0 aromatic heterocycles. The van der Waals surface area contributed by atoms with Crippen LogP contribution in [0.3, 0.4) is 0 Å². The van der Waals surface area contributed by atoms with Crippen molar-refractivity contribution in [2.75, 3.05) is 33.4 Å². The number of esters is 1. The summed E-state index contributed by atoms with van der Waals surface area (Å²) in [5.74, 6) is -3.00. The van der Waals surface area contributed by atoms with E-state index in [1.807, 2.05) is 0 Å². The topological polar surface area (TPSA) is 124 Å². The zero-order chi connectivity index (χ0) is 15.1. The predicted molar refractivity (Wildman–Crippen MR) is 66.8 cm³/mol. The third kappa shape index (κ3) is 10.6. The van der Waals surface area contributed by atoms with E-state index in [-0.39, 0.29) is 19.4 Å². The van der Waals surface area contributed by atoms with Crippen molar-refractivity contribution < 1.29 is 33.8 Å². The standard InChI is InChI=1S/C10H20NO7P/c1-11(2)5-6-18-10(14)8(3-4-9(12)13)7-19(15,16)17/h8H,3-7H2,1-2H3,(H,12,13)(H2,15,16,17). The van der Waals surface area contributed by atoms with Crippen molar-refractivity contribution in [1.82, 2.24) is 4.90 Å². The zero-order valence-corrected chi connectivity index (χ0v) is 11.9. The number of likely N-dealkylation sites (N-methyl/N-ethyl adjacent to an activating group) is 1. The van der Waals surface area contributed by atoms with Crippen LogP contribution in [0.25, 0.3) is 0 Å².